The second-order valence-electron chi connectivity index (χ2n) is 4.32. The molecule has 1 amide bonds. The van der Waals surface area contributed by atoms with E-state index in [1.165, 1.54) is 0 Å². The van der Waals surface area contributed by atoms with Crippen molar-refractivity contribution in [3.05, 3.63) is 17.3 Å². The predicted molar refractivity (Wildman–Crippen MR) is 64.3 cm³/mol. The highest BCUT2D eigenvalue weighted by Crippen LogP contribution is 2.35. The second kappa shape index (κ2) is 3.85. The van der Waals surface area contributed by atoms with Crippen molar-refractivity contribution in [3.63, 3.8) is 0 Å². The third-order valence-corrected chi connectivity index (χ3v) is 3.45. The van der Waals surface area contributed by atoms with Crippen LogP contribution in [0.2, 0.25) is 5.02 Å². The maximum Gasteiger partial charge on any atom is 0.250 e. The lowest BCUT2D eigenvalue weighted by molar-refractivity contribution is -0.123. The Morgan fingerprint density at radius 3 is 2.94 bits per heavy atom. The Kier molecular flexibility index (Phi) is 2.45. The molecule has 0 radical (unpaired) electrons. The second-order valence-corrected chi connectivity index (χ2v) is 4.76. The molecule has 0 unspecified atom stereocenters. The summed E-state index contributed by atoms with van der Waals surface area (Å²) < 4.78 is 5.29. The topological polar surface area (TPSA) is 63.2 Å². The van der Waals surface area contributed by atoms with Crippen LogP contribution in [0, 0.1) is 0 Å². The highest BCUT2D eigenvalue weighted by Gasteiger charge is 2.43. The van der Waals surface area contributed by atoms with Crippen molar-refractivity contribution < 1.29 is 9.53 Å². The maximum absolute atomic E-state index is 12.1. The van der Waals surface area contributed by atoms with Gasteiger partial charge in [-0.1, -0.05) is 11.6 Å². The Balaban J connectivity index is 1.97. The van der Waals surface area contributed by atoms with Crippen molar-refractivity contribution in [2.45, 2.75) is 18.4 Å². The summed E-state index contributed by atoms with van der Waals surface area (Å²) in [6.07, 6.45) is 2.88. The van der Waals surface area contributed by atoms with Crippen molar-refractivity contribution in [3.8, 4) is 0 Å². The minimum Gasteiger partial charge on any atom is -0.381 e. The number of amides is 1. The zero-order chi connectivity index (χ0) is 11.9. The number of carbonyl (C=O) groups is 1. The minimum atomic E-state index is -0.577. The third-order valence-electron chi connectivity index (χ3n) is 3.24. The summed E-state index contributed by atoms with van der Waals surface area (Å²) >= 11 is 5.84. The van der Waals surface area contributed by atoms with E-state index in [0.29, 0.717) is 42.6 Å². The van der Waals surface area contributed by atoms with Gasteiger partial charge < -0.3 is 15.4 Å². The van der Waals surface area contributed by atoms with Crippen LogP contribution in [0.25, 0.3) is 0 Å². The lowest BCUT2D eigenvalue weighted by atomic mass is 9.87. The molecule has 3 rings (SSSR count). The van der Waals surface area contributed by atoms with Crippen LogP contribution in [0.5, 0.6) is 0 Å². The molecule has 0 bridgehead atoms. The zero-order valence-electron chi connectivity index (χ0n) is 9.12. The van der Waals surface area contributed by atoms with E-state index >= 15 is 0 Å². The van der Waals surface area contributed by atoms with Gasteiger partial charge >= 0.3 is 0 Å². The van der Waals surface area contributed by atoms with Crippen LogP contribution in [-0.2, 0) is 9.53 Å². The fraction of sp³-hybridized carbons (Fsp3) is 0.455. The molecule has 3 heterocycles. The molecule has 17 heavy (non-hydrogen) atoms. The van der Waals surface area contributed by atoms with Crippen molar-refractivity contribution in [2.75, 3.05) is 23.8 Å². The number of fused-ring (bicyclic) bond motifs is 1. The molecule has 1 aromatic heterocycles. The molecule has 2 aliphatic heterocycles. The average molecular weight is 254 g/mol. The molecule has 1 fully saturated rings. The number of pyridine rings is 1. The van der Waals surface area contributed by atoms with Crippen LogP contribution < -0.4 is 10.6 Å². The van der Waals surface area contributed by atoms with Crippen LogP contribution >= 0.6 is 11.6 Å². The van der Waals surface area contributed by atoms with Gasteiger partial charge in [-0.25, -0.2) is 4.98 Å². The molecule has 1 spiro atoms. The van der Waals surface area contributed by atoms with Crippen molar-refractivity contribution in [1.29, 1.82) is 0 Å². The summed E-state index contributed by atoms with van der Waals surface area (Å²) in [4.78, 5) is 16.3. The Bertz CT molecular complexity index is 472. The smallest absolute Gasteiger partial charge is 0.250 e. The van der Waals surface area contributed by atoms with Gasteiger partial charge in [-0.2, -0.15) is 0 Å². The van der Waals surface area contributed by atoms with E-state index in [1.807, 2.05) is 0 Å². The number of hydrogen-bond acceptors (Lipinski definition) is 4. The predicted octanol–water partition coefficient (Wildman–Crippen LogP) is 1.65. The van der Waals surface area contributed by atoms with Gasteiger partial charge in [0.25, 0.3) is 0 Å². The molecule has 0 aromatic carbocycles. The molecule has 0 aliphatic carbocycles. The fourth-order valence-electron chi connectivity index (χ4n) is 2.23. The SMILES string of the molecule is O=C1Nc2cc(Cl)cnc2NC12CCOCC2. The number of anilines is 2. The molecule has 1 aromatic rings. The quantitative estimate of drug-likeness (QED) is 0.738. The summed E-state index contributed by atoms with van der Waals surface area (Å²) in [5, 5.41) is 6.59. The Labute approximate surface area is 104 Å². The lowest BCUT2D eigenvalue weighted by Crippen LogP contribution is -2.55. The largest absolute Gasteiger partial charge is 0.381 e. The van der Waals surface area contributed by atoms with E-state index in [9.17, 15) is 4.79 Å². The van der Waals surface area contributed by atoms with Crippen LogP contribution in [0.1, 0.15) is 12.8 Å². The first-order valence-corrected chi connectivity index (χ1v) is 5.90. The molecule has 5 nitrogen and oxygen atoms in total. The van der Waals surface area contributed by atoms with Crippen molar-refractivity contribution >= 4 is 29.0 Å². The summed E-state index contributed by atoms with van der Waals surface area (Å²) in [6, 6.07) is 1.70. The van der Waals surface area contributed by atoms with E-state index in [0.717, 1.165) is 0 Å². The molecule has 1 saturated heterocycles. The molecule has 6 heteroatoms. The van der Waals surface area contributed by atoms with E-state index < -0.39 is 5.54 Å². The summed E-state index contributed by atoms with van der Waals surface area (Å²) in [5.41, 5.74) is 0.0612. The number of hydrogen-bond donors (Lipinski definition) is 2. The molecule has 2 aliphatic rings. The van der Waals surface area contributed by atoms with Gasteiger partial charge in [0, 0.05) is 32.3 Å². The highest BCUT2D eigenvalue weighted by atomic mass is 35.5. The molecule has 2 N–H and O–H groups in total. The number of aromatic nitrogens is 1. The van der Waals surface area contributed by atoms with Crippen LogP contribution in [-0.4, -0.2) is 29.6 Å². The number of ether oxygens (including phenoxy) is 1. The van der Waals surface area contributed by atoms with Crippen molar-refractivity contribution in [1.82, 2.24) is 4.98 Å². The number of halogens is 1. The average Bonchev–Trinajstić information content (AvgIpc) is 2.33. The van der Waals surface area contributed by atoms with Gasteiger partial charge in [0.15, 0.2) is 5.82 Å². The highest BCUT2D eigenvalue weighted by molar-refractivity contribution is 6.31. The molecular weight excluding hydrogens is 242 g/mol. The first-order valence-electron chi connectivity index (χ1n) is 5.53. The Morgan fingerprint density at radius 1 is 1.41 bits per heavy atom. The van der Waals surface area contributed by atoms with Gasteiger partial charge in [-0.15, -0.1) is 0 Å². The monoisotopic (exact) mass is 253 g/mol. The number of nitrogens with zero attached hydrogens (tertiary/aromatic N) is 1. The molecule has 90 valence electrons. The van der Waals surface area contributed by atoms with Gasteiger partial charge in [0.2, 0.25) is 5.91 Å². The van der Waals surface area contributed by atoms with Gasteiger partial charge in [0.05, 0.1) is 10.7 Å². The first kappa shape index (κ1) is 10.8. The van der Waals surface area contributed by atoms with E-state index in [2.05, 4.69) is 15.6 Å². The standard InChI is InChI=1S/C11H12ClN3O2/c12-7-5-8-9(13-6-7)15-11(10(16)14-8)1-3-17-4-2-11/h5-6H,1-4H2,(H,13,15)(H,14,16). The van der Waals surface area contributed by atoms with Crippen molar-refractivity contribution in [2.24, 2.45) is 0 Å². The molecule has 0 saturated carbocycles. The van der Waals surface area contributed by atoms with Crippen LogP contribution in [0.3, 0.4) is 0 Å². The van der Waals surface area contributed by atoms with Crippen LogP contribution in [0.4, 0.5) is 11.5 Å². The minimum absolute atomic E-state index is 0.0302. The summed E-state index contributed by atoms with van der Waals surface area (Å²) in [7, 11) is 0. The van der Waals surface area contributed by atoms with E-state index in [4.69, 9.17) is 16.3 Å². The summed E-state index contributed by atoms with van der Waals surface area (Å²) in [6.45, 7) is 1.17. The summed E-state index contributed by atoms with van der Waals surface area (Å²) in [5.74, 6) is 0.647. The fourth-order valence-corrected chi connectivity index (χ4v) is 2.39. The molecule has 0 atom stereocenters. The maximum atomic E-state index is 12.1. The normalized spacial score (nSPS) is 21.6. The number of nitrogens with one attached hydrogen (secondary N) is 2. The zero-order valence-corrected chi connectivity index (χ0v) is 9.88. The molecular formula is C11H12ClN3O2. The van der Waals surface area contributed by atoms with Gasteiger partial charge in [-0.05, 0) is 6.07 Å². The number of rotatable bonds is 0. The third kappa shape index (κ3) is 1.75. The van der Waals surface area contributed by atoms with Gasteiger partial charge in [0.1, 0.15) is 5.54 Å². The lowest BCUT2D eigenvalue weighted by Gasteiger charge is -2.40. The first-order chi connectivity index (χ1) is 8.20. The Morgan fingerprint density at radius 2 is 2.18 bits per heavy atom. The van der Waals surface area contributed by atoms with E-state index in [1.54, 1.807) is 12.3 Å². The van der Waals surface area contributed by atoms with E-state index in [-0.39, 0.29) is 5.91 Å². The van der Waals surface area contributed by atoms with Gasteiger partial charge in [-0.3, -0.25) is 4.79 Å². The van der Waals surface area contributed by atoms with Crippen LogP contribution in [0.15, 0.2) is 12.3 Å². The Hall–Kier alpha value is -1.33. The number of carbonyl (C=O) groups excluding carboxylic acids is 1.